The van der Waals surface area contributed by atoms with Crippen LogP contribution in [0.15, 0.2) is 84.9 Å². The van der Waals surface area contributed by atoms with E-state index in [1.54, 1.807) is 0 Å². The van der Waals surface area contributed by atoms with Crippen molar-refractivity contribution in [1.29, 1.82) is 0 Å². The topological polar surface area (TPSA) is 40.5 Å². The molecule has 0 aliphatic heterocycles. The smallest absolute Gasteiger partial charge is 0.0948 e. The number of hydrogen-bond acceptors (Lipinski definition) is 2. The van der Waals surface area contributed by atoms with Crippen LogP contribution in [0.5, 0.6) is 0 Å². The molecular weight excluding hydrogens is 296 g/mol. The molecule has 3 aromatic carbocycles. The van der Waals surface area contributed by atoms with Gasteiger partial charge in [-0.1, -0.05) is 84.9 Å². The molecule has 3 aromatic rings. The van der Waals surface area contributed by atoms with Gasteiger partial charge < -0.3 is 10.2 Å². The zero-order valence-electron chi connectivity index (χ0n) is 13.8. The molecule has 0 heterocycles. The van der Waals surface area contributed by atoms with Crippen molar-refractivity contribution in [3.8, 4) is 0 Å². The zero-order chi connectivity index (χ0) is 17.0. The van der Waals surface area contributed by atoms with Crippen molar-refractivity contribution in [2.75, 3.05) is 6.61 Å². The molecule has 24 heavy (non-hydrogen) atoms. The predicted molar refractivity (Wildman–Crippen MR) is 97.0 cm³/mol. The monoisotopic (exact) mass is 318 g/mol. The third-order valence-electron chi connectivity index (χ3n) is 4.70. The van der Waals surface area contributed by atoms with Crippen LogP contribution in [0.3, 0.4) is 0 Å². The molecule has 0 amide bonds. The maximum absolute atomic E-state index is 11.0. The Bertz CT molecular complexity index is 742. The summed E-state index contributed by atoms with van der Waals surface area (Å²) in [6.45, 7) is 1.72. The Balaban J connectivity index is 2.40. The minimum absolute atomic E-state index is 0.321. The highest BCUT2D eigenvalue weighted by molar-refractivity contribution is 5.54. The van der Waals surface area contributed by atoms with Crippen molar-refractivity contribution < 1.29 is 10.2 Å². The van der Waals surface area contributed by atoms with E-state index in [-0.39, 0.29) is 6.61 Å². The summed E-state index contributed by atoms with van der Waals surface area (Å²) in [7, 11) is 0. The molecule has 0 aromatic heterocycles. The number of aliphatic hydroxyl groups excluding tert-OH is 2. The standard InChI is InChI=1S/C22H22O2/c1-17-10-8-9-15-20(17)22(21(24)16-23,18-11-4-2-5-12-18)19-13-6-3-7-14-19/h2-15,21,23-24H,16H2,1H3. The summed E-state index contributed by atoms with van der Waals surface area (Å²) >= 11 is 0. The van der Waals surface area contributed by atoms with E-state index in [9.17, 15) is 10.2 Å². The molecule has 0 radical (unpaired) electrons. The largest absolute Gasteiger partial charge is 0.394 e. The molecule has 0 bridgehead atoms. The van der Waals surface area contributed by atoms with Crippen LogP contribution < -0.4 is 0 Å². The number of aliphatic hydroxyl groups is 2. The predicted octanol–water partition coefficient (Wildman–Crippen LogP) is 3.68. The molecule has 3 rings (SSSR count). The second-order valence-corrected chi connectivity index (χ2v) is 6.05. The maximum Gasteiger partial charge on any atom is 0.0948 e. The van der Waals surface area contributed by atoms with Gasteiger partial charge in [0.05, 0.1) is 18.1 Å². The molecule has 122 valence electrons. The molecule has 2 N–H and O–H groups in total. The van der Waals surface area contributed by atoms with Crippen molar-refractivity contribution in [3.05, 3.63) is 107 Å². The highest BCUT2D eigenvalue weighted by Gasteiger charge is 2.43. The van der Waals surface area contributed by atoms with Gasteiger partial charge in [-0.05, 0) is 29.2 Å². The minimum Gasteiger partial charge on any atom is -0.394 e. The Hall–Kier alpha value is -2.42. The lowest BCUT2D eigenvalue weighted by molar-refractivity contribution is 0.0565. The van der Waals surface area contributed by atoms with Gasteiger partial charge in [0.25, 0.3) is 0 Å². The molecule has 1 atom stereocenters. The van der Waals surface area contributed by atoms with Gasteiger partial charge in [0, 0.05) is 0 Å². The Morgan fingerprint density at radius 2 is 1.21 bits per heavy atom. The molecular formula is C22H22O2. The van der Waals surface area contributed by atoms with Gasteiger partial charge in [0.15, 0.2) is 0 Å². The third kappa shape index (κ3) is 2.64. The van der Waals surface area contributed by atoms with Crippen LogP contribution in [0, 0.1) is 6.92 Å². The van der Waals surface area contributed by atoms with E-state index >= 15 is 0 Å². The fourth-order valence-corrected chi connectivity index (χ4v) is 3.60. The summed E-state index contributed by atoms with van der Waals surface area (Å²) in [6.07, 6.45) is -0.955. The van der Waals surface area contributed by atoms with Crippen LogP contribution in [0.4, 0.5) is 0 Å². The van der Waals surface area contributed by atoms with Crippen molar-refractivity contribution in [1.82, 2.24) is 0 Å². The Morgan fingerprint density at radius 1 is 0.750 bits per heavy atom. The summed E-state index contributed by atoms with van der Waals surface area (Å²) in [5, 5.41) is 20.9. The first-order valence-electron chi connectivity index (χ1n) is 8.17. The summed E-state index contributed by atoms with van der Waals surface area (Å²) in [4.78, 5) is 0. The average molecular weight is 318 g/mol. The molecule has 2 heteroatoms. The van der Waals surface area contributed by atoms with Gasteiger partial charge in [-0.15, -0.1) is 0 Å². The van der Waals surface area contributed by atoms with Crippen LogP contribution in [0.2, 0.25) is 0 Å². The van der Waals surface area contributed by atoms with Crippen LogP contribution >= 0.6 is 0 Å². The average Bonchev–Trinajstić information content (AvgIpc) is 2.65. The molecule has 2 nitrogen and oxygen atoms in total. The highest BCUT2D eigenvalue weighted by Crippen LogP contribution is 2.43. The van der Waals surface area contributed by atoms with Crippen LogP contribution in [-0.4, -0.2) is 22.9 Å². The summed E-state index contributed by atoms with van der Waals surface area (Å²) < 4.78 is 0. The van der Waals surface area contributed by atoms with Crippen molar-refractivity contribution >= 4 is 0 Å². The van der Waals surface area contributed by atoms with Crippen molar-refractivity contribution in [2.45, 2.75) is 18.4 Å². The Morgan fingerprint density at radius 3 is 1.67 bits per heavy atom. The Kier molecular flexibility index (Phi) is 4.79. The van der Waals surface area contributed by atoms with E-state index < -0.39 is 11.5 Å². The van der Waals surface area contributed by atoms with E-state index in [2.05, 4.69) is 0 Å². The quantitative estimate of drug-likeness (QED) is 0.705. The molecule has 0 saturated heterocycles. The van der Waals surface area contributed by atoms with Gasteiger partial charge in [-0.2, -0.15) is 0 Å². The summed E-state index contributed by atoms with van der Waals surface area (Å²) in [5.41, 5.74) is 3.20. The summed E-state index contributed by atoms with van der Waals surface area (Å²) in [6, 6.07) is 27.9. The van der Waals surface area contributed by atoms with Crippen LogP contribution in [0.25, 0.3) is 0 Å². The first-order chi connectivity index (χ1) is 11.7. The normalized spacial score (nSPS) is 12.8. The lowest BCUT2D eigenvalue weighted by Crippen LogP contribution is -2.44. The van der Waals surface area contributed by atoms with Gasteiger partial charge in [-0.3, -0.25) is 0 Å². The molecule has 1 unspecified atom stereocenters. The molecule has 0 aliphatic carbocycles. The fourth-order valence-electron chi connectivity index (χ4n) is 3.60. The third-order valence-corrected chi connectivity index (χ3v) is 4.70. The van der Waals surface area contributed by atoms with Crippen molar-refractivity contribution in [2.24, 2.45) is 0 Å². The number of rotatable bonds is 5. The van der Waals surface area contributed by atoms with Gasteiger partial charge >= 0.3 is 0 Å². The van der Waals surface area contributed by atoms with Gasteiger partial charge in [0.1, 0.15) is 0 Å². The fraction of sp³-hybridized carbons (Fsp3) is 0.182. The van der Waals surface area contributed by atoms with E-state index in [1.165, 1.54) is 0 Å². The summed E-state index contributed by atoms with van der Waals surface area (Å²) in [5.74, 6) is 0. The lowest BCUT2D eigenvalue weighted by atomic mass is 9.65. The van der Waals surface area contributed by atoms with Crippen molar-refractivity contribution in [3.63, 3.8) is 0 Å². The van der Waals surface area contributed by atoms with Crippen LogP contribution in [-0.2, 0) is 5.41 Å². The molecule has 0 fully saturated rings. The second kappa shape index (κ2) is 7.00. The molecule has 0 saturated carbocycles. The molecule has 0 spiro atoms. The van der Waals surface area contributed by atoms with E-state index in [4.69, 9.17) is 0 Å². The van der Waals surface area contributed by atoms with E-state index in [0.29, 0.717) is 0 Å². The maximum atomic E-state index is 11.0. The first kappa shape index (κ1) is 16.4. The van der Waals surface area contributed by atoms with E-state index in [0.717, 1.165) is 22.3 Å². The van der Waals surface area contributed by atoms with Gasteiger partial charge in [0.2, 0.25) is 0 Å². The molecule has 0 aliphatic rings. The number of benzene rings is 3. The second-order valence-electron chi connectivity index (χ2n) is 6.05. The highest BCUT2D eigenvalue weighted by atomic mass is 16.3. The SMILES string of the molecule is Cc1ccccc1C(c1ccccc1)(c1ccccc1)C(O)CO. The van der Waals surface area contributed by atoms with E-state index in [1.807, 2.05) is 91.9 Å². The lowest BCUT2D eigenvalue weighted by Gasteiger charge is -2.40. The minimum atomic E-state index is -0.955. The Labute approximate surface area is 143 Å². The first-order valence-corrected chi connectivity index (χ1v) is 8.17. The number of aryl methyl sites for hydroxylation is 1. The van der Waals surface area contributed by atoms with Crippen LogP contribution in [0.1, 0.15) is 22.3 Å². The van der Waals surface area contributed by atoms with Gasteiger partial charge in [-0.25, -0.2) is 0 Å². The number of hydrogen-bond donors (Lipinski definition) is 2. The zero-order valence-corrected chi connectivity index (χ0v) is 13.8.